The lowest BCUT2D eigenvalue weighted by Crippen LogP contribution is -2.38. The third-order valence-corrected chi connectivity index (χ3v) is 4.02. The van der Waals surface area contributed by atoms with Crippen LogP contribution in [-0.4, -0.2) is 19.7 Å². The van der Waals surface area contributed by atoms with Gasteiger partial charge in [-0.05, 0) is 42.9 Å². The molecule has 0 amide bonds. The van der Waals surface area contributed by atoms with Crippen LogP contribution >= 0.6 is 0 Å². The average molecular weight is 251 g/mol. The number of nitrogens with one attached hydrogen (secondary N) is 1. The molecule has 100 valence electrons. The molecular weight excluding hydrogens is 229 g/mol. The predicted molar refractivity (Wildman–Crippen MR) is 71.5 cm³/mol. The Kier molecular flexibility index (Phi) is 3.91. The summed E-state index contributed by atoms with van der Waals surface area (Å²) < 4.78 is 19.2. The quantitative estimate of drug-likeness (QED) is 0.838. The zero-order valence-corrected chi connectivity index (χ0v) is 11.4. The van der Waals surface area contributed by atoms with E-state index in [1.54, 1.807) is 6.07 Å². The zero-order chi connectivity index (χ0) is 13.2. The molecule has 3 heteroatoms. The highest BCUT2D eigenvalue weighted by Gasteiger charge is 2.44. The monoisotopic (exact) mass is 251 g/mol. The minimum Gasteiger partial charge on any atom is -0.494 e. The Morgan fingerprint density at radius 3 is 2.72 bits per heavy atom. The summed E-state index contributed by atoms with van der Waals surface area (Å²) in [7, 11) is 1.51. The van der Waals surface area contributed by atoms with E-state index in [1.165, 1.54) is 20.0 Å². The van der Waals surface area contributed by atoms with Gasteiger partial charge in [0.15, 0.2) is 11.6 Å². The summed E-state index contributed by atoms with van der Waals surface area (Å²) in [4.78, 5) is 0. The Labute approximate surface area is 109 Å². The molecule has 0 heterocycles. The molecule has 1 aliphatic rings. The van der Waals surface area contributed by atoms with E-state index < -0.39 is 0 Å². The van der Waals surface area contributed by atoms with Crippen molar-refractivity contribution in [3.05, 3.63) is 29.6 Å². The lowest BCUT2D eigenvalue weighted by molar-refractivity contribution is 0.350. The highest BCUT2D eigenvalue weighted by Crippen LogP contribution is 2.49. The van der Waals surface area contributed by atoms with E-state index in [2.05, 4.69) is 19.2 Å². The first-order chi connectivity index (χ1) is 8.60. The minimum absolute atomic E-state index is 0.216. The molecule has 1 saturated carbocycles. The van der Waals surface area contributed by atoms with Crippen LogP contribution in [0.15, 0.2) is 18.2 Å². The summed E-state index contributed by atoms with van der Waals surface area (Å²) in [6.45, 7) is 5.30. The van der Waals surface area contributed by atoms with E-state index in [9.17, 15) is 4.39 Å². The van der Waals surface area contributed by atoms with Gasteiger partial charge in [0.2, 0.25) is 0 Å². The first-order valence-corrected chi connectivity index (χ1v) is 6.65. The Morgan fingerprint density at radius 2 is 2.17 bits per heavy atom. The van der Waals surface area contributed by atoms with Crippen molar-refractivity contribution < 1.29 is 9.13 Å². The lowest BCUT2D eigenvalue weighted by Gasteiger charge is -2.25. The smallest absolute Gasteiger partial charge is 0.168 e. The summed E-state index contributed by atoms with van der Waals surface area (Å²) in [5.41, 5.74) is 1.08. The van der Waals surface area contributed by atoms with Crippen LogP contribution < -0.4 is 10.1 Å². The summed E-state index contributed by atoms with van der Waals surface area (Å²) in [5.74, 6) is 0.121. The first-order valence-electron chi connectivity index (χ1n) is 6.65. The predicted octanol–water partition coefficient (Wildman–Crippen LogP) is 3.16. The van der Waals surface area contributed by atoms with Crippen LogP contribution in [0.4, 0.5) is 4.39 Å². The van der Waals surface area contributed by atoms with Crippen molar-refractivity contribution in [1.29, 1.82) is 0 Å². The highest BCUT2D eigenvalue weighted by atomic mass is 19.1. The SMILES string of the molecule is CCNC(Cc1cccc(OC)c1F)C1(C)CC1. The van der Waals surface area contributed by atoms with Gasteiger partial charge in [0.25, 0.3) is 0 Å². The van der Waals surface area contributed by atoms with Crippen LogP contribution in [0.25, 0.3) is 0 Å². The number of likely N-dealkylation sites (N-methyl/N-ethyl adjacent to an activating group) is 1. The van der Waals surface area contributed by atoms with Crippen molar-refractivity contribution in [2.24, 2.45) is 5.41 Å². The Bertz CT molecular complexity index is 415. The standard InChI is InChI=1S/C15H22FNO/c1-4-17-13(15(2)8-9-15)10-11-6-5-7-12(18-3)14(11)16/h5-7,13,17H,4,8-10H2,1-3H3. The summed E-state index contributed by atoms with van der Waals surface area (Å²) in [6.07, 6.45) is 3.19. The van der Waals surface area contributed by atoms with Crippen molar-refractivity contribution >= 4 is 0 Å². The van der Waals surface area contributed by atoms with Crippen LogP contribution in [0.1, 0.15) is 32.3 Å². The fourth-order valence-corrected chi connectivity index (χ4v) is 2.45. The molecule has 2 nitrogen and oxygen atoms in total. The van der Waals surface area contributed by atoms with Gasteiger partial charge in [-0.3, -0.25) is 0 Å². The number of ether oxygens (including phenoxy) is 1. The molecule has 0 aromatic heterocycles. The number of halogens is 1. The molecule has 1 fully saturated rings. The van der Waals surface area contributed by atoms with Gasteiger partial charge in [-0.2, -0.15) is 0 Å². The molecule has 1 aliphatic carbocycles. The van der Waals surface area contributed by atoms with Crippen molar-refractivity contribution in [3.8, 4) is 5.75 Å². The highest BCUT2D eigenvalue weighted by molar-refractivity contribution is 5.32. The number of hydrogen-bond donors (Lipinski definition) is 1. The zero-order valence-electron chi connectivity index (χ0n) is 11.4. The Hall–Kier alpha value is -1.09. The topological polar surface area (TPSA) is 21.3 Å². The van der Waals surface area contributed by atoms with Gasteiger partial charge >= 0.3 is 0 Å². The average Bonchev–Trinajstić information content (AvgIpc) is 3.10. The molecule has 0 spiro atoms. The second-order valence-corrected chi connectivity index (χ2v) is 5.40. The molecule has 1 aromatic carbocycles. The van der Waals surface area contributed by atoms with Crippen molar-refractivity contribution in [3.63, 3.8) is 0 Å². The number of hydrogen-bond acceptors (Lipinski definition) is 2. The number of benzene rings is 1. The lowest BCUT2D eigenvalue weighted by atomic mass is 9.92. The van der Waals surface area contributed by atoms with Crippen LogP contribution in [0.5, 0.6) is 5.75 Å². The normalized spacial score (nSPS) is 18.4. The Morgan fingerprint density at radius 1 is 1.44 bits per heavy atom. The van der Waals surface area contributed by atoms with Crippen molar-refractivity contribution in [2.45, 2.75) is 39.2 Å². The maximum atomic E-state index is 14.1. The van der Waals surface area contributed by atoms with Gasteiger partial charge in [0.05, 0.1) is 7.11 Å². The minimum atomic E-state index is -0.216. The third-order valence-electron chi connectivity index (χ3n) is 4.02. The van der Waals surface area contributed by atoms with Gasteiger partial charge in [-0.25, -0.2) is 4.39 Å². The van der Waals surface area contributed by atoms with E-state index in [0.29, 0.717) is 17.2 Å². The van der Waals surface area contributed by atoms with Crippen LogP contribution in [0, 0.1) is 11.2 Å². The number of methoxy groups -OCH3 is 1. The van der Waals surface area contributed by atoms with Crippen molar-refractivity contribution in [2.75, 3.05) is 13.7 Å². The number of rotatable bonds is 6. The molecule has 1 N–H and O–H groups in total. The molecule has 1 unspecified atom stereocenters. The van der Waals surface area contributed by atoms with E-state index in [4.69, 9.17) is 4.74 Å². The maximum absolute atomic E-state index is 14.1. The van der Waals surface area contributed by atoms with Gasteiger partial charge in [0.1, 0.15) is 0 Å². The van der Waals surface area contributed by atoms with E-state index >= 15 is 0 Å². The molecule has 1 aromatic rings. The van der Waals surface area contributed by atoms with Gasteiger partial charge in [0, 0.05) is 6.04 Å². The molecular formula is C15H22FNO. The molecule has 0 bridgehead atoms. The second kappa shape index (κ2) is 5.27. The van der Waals surface area contributed by atoms with Gasteiger partial charge in [-0.15, -0.1) is 0 Å². The van der Waals surface area contributed by atoms with E-state index in [-0.39, 0.29) is 5.82 Å². The summed E-state index contributed by atoms with van der Waals surface area (Å²) >= 11 is 0. The molecule has 0 aliphatic heterocycles. The summed E-state index contributed by atoms with van der Waals surface area (Å²) in [6, 6.07) is 5.73. The van der Waals surface area contributed by atoms with E-state index in [0.717, 1.165) is 18.5 Å². The van der Waals surface area contributed by atoms with Crippen LogP contribution in [-0.2, 0) is 6.42 Å². The van der Waals surface area contributed by atoms with Crippen LogP contribution in [0.2, 0.25) is 0 Å². The molecule has 2 rings (SSSR count). The maximum Gasteiger partial charge on any atom is 0.168 e. The Balaban J connectivity index is 2.16. The molecule has 0 saturated heterocycles. The molecule has 1 atom stereocenters. The largest absolute Gasteiger partial charge is 0.494 e. The van der Waals surface area contributed by atoms with E-state index in [1.807, 2.05) is 12.1 Å². The van der Waals surface area contributed by atoms with Gasteiger partial charge in [-0.1, -0.05) is 26.0 Å². The third kappa shape index (κ3) is 2.66. The molecule has 0 radical (unpaired) electrons. The van der Waals surface area contributed by atoms with Gasteiger partial charge < -0.3 is 10.1 Å². The second-order valence-electron chi connectivity index (χ2n) is 5.40. The summed E-state index contributed by atoms with van der Waals surface area (Å²) in [5, 5.41) is 3.49. The fourth-order valence-electron chi connectivity index (χ4n) is 2.45. The van der Waals surface area contributed by atoms with Crippen LogP contribution in [0.3, 0.4) is 0 Å². The fraction of sp³-hybridized carbons (Fsp3) is 0.600. The first kappa shape index (κ1) is 13.3. The molecule has 18 heavy (non-hydrogen) atoms. The van der Waals surface area contributed by atoms with Crippen molar-refractivity contribution in [1.82, 2.24) is 5.32 Å².